The second kappa shape index (κ2) is 9.56. The van der Waals surface area contributed by atoms with Crippen LogP contribution in [-0.4, -0.2) is 54.3 Å². The fourth-order valence-corrected chi connectivity index (χ4v) is 3.71. The van der Waals surface area contributed by atoms with Gasteiger partial charge in [-0.05, 0) is 55.5 Å². The number of amides is 1. The van der Waals surface area contributed by atoms with Crippen LogP contribution < -0.4 is 4.74 Å². The number of ether oxygens (including phenoxy) is 2. The van der Waals surface area contributed by atoms with Gasteiger partial charge in [-0.25, -0.2) is 4.79 Å². The molecule has 1 fully saturated rings. The Balaban J connectivity index is 1.80. The minimum atomic E-state index is -1.03. The Bertz CT molecular complexity index is 836. The Kier molecular flexibility index (Phi) is 6.88. The lowest BCUT2D eigenvalue weighted by atomic mass is 10.0. The van der Waals surface area contributed by atoms with Crippen molar-refractivity contribution >= 4 is 11.9 Å². The number of aliphatic carboxylic acids is 1. The minimum Gasteiger partial charge on any atom is -0.481 e. The van der Waals surface area contributed by atoms with Gasteiger partial charge in [-0.2, -0.15) is 0 Å². The molecule has 0 spiro atoms. The van der Waals surface area contributed by atoms with Crippen LogP contribution in [0, 0.1) is 13.8 Å². The summed E-state index contributed by atoms with van der Waals surface area (Å²) < 4.78 is 10.9. The first kappa shape index (κ1) is 20.9. The van der Waals surface area contributed by atoms with Gasteiger partial charge in [0.1, 0.15) is 5.75 Å². The number of nitrogens with zero attached hydrogens (tertiary/aromatic N) is 1. The molecular weight excluding hydrogens is 370 g/mol. The number of hydrogen-bond acceptors (Lipinski definition) is 4. The molecule has 1 heterocycles. The van der Waals surface area contributed by atoms with Crippen LogP contribution in [0.15, 0.2) is 42.5 Å². The Morgan fingerprint density at radius 1 is 1.17 bits per heavy atom. The summed E-state index contributed by atoms with van der Waals surface area (Å²) in [6.45, 7) is 5.09. The minimum absolute atomic E-state index is 0.0348. The lowest BCUT2D eigenvalue weighted by molar-refractivity contribution is -0.139. The molecule has 1 aliphatic rings. The summed E-state index contributed by atoms with van der Waals surface area (Å²) >= 11 is 0. The lowest BCUT2D eigenvalue weighted by Gasteiger charge is -2.29. The van der Waals surface area contributed by atoms with Crippen molar-refractivity contribution < 1.29 is 24.2 Å². The highest BCUT2D eigenvalue weighted by atomic mass is 16.5. The van der Waals surface area contributed by atoms with E-state index in [0.717, 1.165) is 24.0 Å². The van der Waals surface area contributed by atoms with E-state index < -0.39 is 12.6 Å². The van der Waals surface area contributed by atoms with Gasteiger partial charge < -0.3 is 19.5 Å². The fraction of sp³-hybridized carbons (Fsp3) is 0.391. The monoisotopic (exact) mass is 397 g/mol. The molecule has 0 radical (unpaired) electrons. The Morgan fingerprint density at radius 3 is 2.45 bits per heavy atom. The smallest absolute Gasteiger partial charge is 0.341 e. The largest absolute Gasteiger partial charge is 0.481 e. The number of carbonyl (C=O) groups is 2. The third kappa shape index (κ3) is 5.35. The summed E-state index contributed by atoms with van der Waals surface area (Å²) in [5.74, 6) is -0.548. The topological polar surface area (TPSA) is 76.1 Å². The molecule has 1 unspecified atom stereocenters. The lowest BCUT2D eigenvalue weighted by Crippen LogP contribution is -2.42. The third-order valence-electron chi connectivity index (χ3n) is 5.14. The molecular formula is C23H27NO5. The standard InChI is InChI=1S/C23H27NO5/c1-16-12-19(13-17(2)22(16)29-15-21(25)26)23(27)24(20-9-11-28-14-20)10-8-18-6-4-3-5-7-18/h3-7,12-13,20H,8-11,14-15H2,1-2H3,(H,25,26). The van der Waals surface area contributed by atoms with Crippen molar-refractivity contribution in [3.63, 3.8) is 0 Å². The first-order chi connectivity index (χ1) is 14.0. The van der Waals surface area contributed by atoms with Crippen molar-refractivity contribution in [3.05, 3.63) is 64.7 Å². The SMILES string of the molecule is Cc1cc(C(=O)N(CCc2ccccc2)C2CCOC2)cc(C)c1OCC(=O)O. The second-order valence-electron chi connectivity index (χ2n) is 7.37. The Labute approximate surface area is 171 Å². The van der Waals surface area contributed by atoms with Gasteiger partial charge in [-0.15, -0.1) is 0 Å². The number of carbonyl (C=O) groups excluding carboxylic acids is 1. The van der Waals surface area contributed by atoms with E-state index >= 15 is 0 Å². The molecule has 29 heavy (non-hydrogen) atoms. The summed E-state index contributed by atoms with van der Waals surface area (Å²) in [7, 11) is 0. The van der Waals surface area contributed by atoms with Gasteiger partial charge in [-0.3, -0.25) is 4.79 Å². The predicted molar refractivity (Wildman–Crippen MR) is 109 cm³/mol. The van der Waals surface area contributed by atoms with Crippen molar-refractivity contribution in [2.24, 2.45) is 0 Å². The Hall–Kier alpha value is -2.86. The molecule has 0 aliphatic carbocycles. The molecule has 1 saturated heterocycles. The van der Waals surface area contributed by atoms with Gasteiger partial charge in [0.25, 0.3) is 5.91 Å². The second-order valence-corrected chi connectivity index (χ2v) is 7.37. The van der Waals surface area contributed by atoms with Crippen molar-refractivity contribution in [2.75, 3.05) is 26.4 Å². The van der Waals surface area contributed by atoms with Gasteiger partial charge in [-0.1, -0.05) is 30.3 Å². The van der Waals surface area contributed by atoms with Gasteiger partial charge in [0, 0.05) is 18.7 Å². The highest BCUT2D eigenvalue weighted by Crippen LogP contribution is 2.26. The highest BCUT2D eigenvalue weighted by Gasteiger charge is 2.28. The van der Waals surface area contributed by atoms with Crippen LogP contribution in [0.1, 0.15) is 33.5 Å². The normalized spacial score (nSPS) is 15.9. The molecule has 3 rings (SSSR count). The zero-order valence-electron chi connectivity index (χ0n) is 16.9. The fourth-order valence-electron chi connectivity index (χ4n) is 3.71. The maximum atomic E-state index is 13.4. The number of aryl methyl sites for hydroxylation is 2. The summed E-state index contributed by atoms with van der Waals surface area (Å²) in [5, 5.41) is 8.85. The summed E-state index contributed by atoms with van der Waals surface area (Å²) in [5.41, 5.74) is 3.28. The summed E-state index contributed by atoms with van der Waals surface area (Å²) in [6.07, 6.45) is 1.61. The van der Waals surface area contributed by atoms with Gasteiger partial charge in [0.15, 0.2) is 6.61 Å². The molecule has 6 heteroatoms. The molecule has 0 saturated carbocycles. The highest BCUT2D eigenvalue weighted by molar-refractivity contribution is 5.95. The van der Waals surface area contributed by atoms with E-state index in [4.69, 9.17) is 14.6 Å². The molecule has 154 valence electrons. The van der Waals surface area contributed by atoms with E-state index in [1.54, 1.807) is 12.1 Å². The molecule has 6 nitrogen and oxygen atoms in total. The first-order valence-corrected chi connectivity index (χ1v) is 9.84. The summed E-state index contributed by atoms with van der Waals surface area (Å²) in [6, 6.07) is 13.7. The average Bonchev–Trinajstić information content (AvgIpc) is 3.22. The number of hydrogen-bond donors (Lipinski definition) is 1. The van der Waals surface area contributed by atoms with E-state index in [1.165, 1.54) is 5.56 Å². The molecule has 0 aromatic heterocycles. The molecule has 1 aliphatic heterocycles. The maximum Gasteiger partial charge on any atom is 0.341 e. The first-order valence-electron chi connectivity index (χ1n) is 9.84. The van der Waals surface area contributed by atoms with Gasteiger partial charge >= 0.3 is 5.97 Å². The van der Waals surface area contributed by atoms with Gasteiger partial charge in [0.05, 0.1) is 12.6 Å². The van der Waals surface area contributed by atoms with Crippen LogP contribution in [0.2, 0.25) is 0 Å². The van der Waals surface area contributed by atoms with Crippen molar-refractivity contribution in [1.82, 2.24) is 4.90 Å². The van der Waals surface area contributed by atoms with E-state index in [-0.39, 0.29) is 11.9 Å². The van der Waals surface area contributed by atoms with E-state index in [2.05, 4.69) is 12.1 Å². The van der Waals surface area contributed by atoms with Crippen LogP contribution >= 0.6 is 0 Å². The molecule has 2 aromatic rings. The van der Waals surface area contributed by atoms with Gasteiger partial charge in [0.2, 0.25) is 0 Å². The molecule has 2 aromatic carbocycles. The van der Waals surface area contributed by atoms with Crippen LogP contribution in [-0.2, 0) is 16.0 Å². The number of benzene rings is 2. The van der Waals surface area contributed by atoms with Crippen molar-refractivity contribution in [3.8, 4) is 5.75 Å². The van der Waals surface area contributed by atoms with Crippen LogP contribution in [0.5, 0.6) is 5.75 Å². The van der Waals surface area contributed by atoms with E-state index in [9.17, 15) is 9.59 Å². The van der Waals surface area contributed by atoms with Crippen molar-refractivity contribution in [2.45, 2.75) is 32.7 Å². The quantitative estimate of drug-likeness (QED) is 0.740. The molecule has 0 bridgehead atoms. The summed E-state index contributed by atoms with van der Waals surface area (Å²) in [4.78, 5) is 26.1. The number of carboxylic acid groups (broad SMARTS) is 1. The number of rotatable bonds is 8. The molecule has 1 amide bonds. The molecule has 1 N–H and O–H groups in total. The Morgan fingerprint density at radius 2 is 1.86 bits per heavy atom. The number of carboxylic acids is 1. The van der Waals surface area contributed by atoms with Crippen LogP contribution in [0.25, 0.3) is 0 Å². The maximum absolute atomic E-state index is 13.4. The van der Waals surface area contributed by atoms with E-state index in [0.29, 0.717) is 31.1 Å². The zero-order valence-corrected chi connectivity index (χ0v) is 16.9. The van der Waals surface area contributed by atoms with Crippen molar-refractivity contribution in [1.29, 1.82) is 0 Å². The predicted octanol–water partition coefficient (Wildman–Crippen LogP) is 3.24. The average molecular weight is 397 g/mol. The van der Waals surface area contributed by atoms with Crippen LogP contribution in [0.3, 0.4) is 0 Å². The third-order valence-corrected chi connectivity index (χ3v) is 5.14. The van der Waals surface area contributed by atoms with Crippen LogP contribution in [0.4, 0.5) is 0 Å². The zero-order chi connectivity index (χ0) is 20.8. The van der Waals surface area contributed by atoms with E-state index in [1.807, 2.05) is 36.9 Å². The molecule has 1 atom stereocenters.